The maximum absolute atomic E-state index is 11.4. The average Bonchev–Trinajstić information content (AvgIpc) is 2.45. The van der Waals surface area contributed by atoms with Crippen LogP contribution in [0.5, 0.6) is 0 Å². The van der Waals surface area contributed by atoms with Crippen LogP contribution in [0.3, 0.4) is 0 Å². The number of amides is 1. The molecule has 0 unspecified atom stereocenters. The first-order valence-corrected chi connectivity index (χ1v) is 8.67. The van der Waals surface area contributed by atoms with E-state index in [4.69, 9.17) is 16.3 Å². The van der Waals surface area contributed by atoms with E-state index in [0.717, 1.165) is 16.3 Å². The van der Waals surface area contributed by atoms with Gasteiger partial charge in [0.05, 0.1) is 0 Å². The van der Waals surface area contributed by atoms with Gasteiger partial charge in [-0.05, 0) is 56.9 Å². The van der Waals surface area contributed by atoms with Gasteiger partial charge in [0.15, 0.2) is 0 Å². The first-order chi connectivity index (χ1) is 10.4. The van der Waals surface area contributed by atoms with Crippen molar-refractivity contribution < 1.29 is 9.53 Å². The fourth-order valence-electron chi connectivity index (χ4n) is 1.28. The molecule has 0 bridgehead atoms. The second-order valence-corrected chi connectivity index (χ2v) is 6.58. The van der Waals surface area contributed by atoms with Gasteiger partial charge < -0.3 is 10.1 Å². The molecule has 0 saturated carbocycles. The summed E-state index contributed by atoms with van der Waals surface area (Å²) in [6, 6.07) is 7.66. The topological polar surface area (TPSA) is 38.3 Å². The van der Waals surface area contributed by atoms with Crippen LogP contribution >= 0.6 is 23.4 Å². The van der Waals surface area contributed by atoms with Crippen molar-refractivity contribution in [1.29, 1.82) is 0 Å². The van der Waals surface area contributed by atoms with E-state index in [9.17, 15) is 4.79 Å². The largest absolute Gasteiger partial charge is 0.444 e. The van der Waals surface area contributed by atoms with E-state index >= 15 is 0 Å². The van der Waals surface area contributed by atoms with Gasteiger partial charge in [-0.3, -0.25) is 0 Å². The van der Waals surface area contributed by atoms with Crippen molar-refractivity contribution in [3.8, 4) is 0 Å². The molecular weight excluding hydrogens is 318 g/mol. The van der Waals surface area contributed by atoms with Gasteiger partial charge in [0.2, 0.25) is 0 Å². The highest BCUT2D eigenvalue weighted by Gasteiger charge is 2.14. The summed E-state index contributed by atoms with van der Waals surface area (Å²) in [7, 11) is 0. The van der Waals surface area contributed by atoms with Crippen LogP contribution in [0.4, 0.5) is 4.79 Å². The Morgan fingerprint density at radius 3 is 2.41 bits per heavy atom. The number of nitrogens with one attached hydrogen (secondary N) is 1. The van der Waals surface area contributed by atoms with Gasteiger partial charge in [0.25, 0.3) is 0 Å². The summed E-state index contributed by atoms with van der Waals surface area (Å²) >= 11 is 7.43. The Morgan fingerprint density at radius 1 is 1.27 bits per heavy atom. The highest BCUT2D eigenvalue weighted by molar-refractivity contribution is 8.02. The number of halogens is 1. The second-order valence-electron chi connectivity index (χ2n) is 5.16. The number of carbonyl (C=O) groups is 1. The molecule has 22 heavy (non-hydrogen) atoms. The highest BCUT2D eigenvalue weighted by atomic mass is 35.5. The van der Waals surface area contributed by atoms with Crippen molar-refractivity contribution in [3.63, 3.8) is 0 Å². The lowest BCUT2D eigenvalue weighted by Gasteiger charge is -2.19. The van der Waals surface area contributed by atoms with Gasteiger partial charge in [0.1, 0.15) is 5.60 Å². The predicted molar refractivity (Wildman–Crippen MR) is 96.7 cm³/mol. The average molecular weight is 344 g/mol. The summed E-state index contributed by atoms with van der Waals surface area (Å²) in [6.07, 6.45) is 2.40. The molecule has 1 rings (SSSR count). The van der Waals surface area contributed by atoms with Crippen molar-refractivity contribution in [3.05, 3.63) is 40.8 Å². The van der Waals surface area contributed by atoms with Crippen LogP contribution in [0.1, 0.15) is 41.0 Å². The number of benzene rings is 1. The number of ether oxygens (including phenoxy) is 1. The van der Waals surface area contributed by atoms with E-state index in [1.807, 2.05) is 70.4 Å². The van der Waals surface area contributed by atoms with E-state index in [2.05, 4.69) is 5.32 Å². The van der Waals surface area contributed by atoms with E-state index < -0.39 is 5.60 Å². The molecule has 0 atom stereocenters. The number of alkyl carbamates (subject to hydrolysis) is 1. The number of thioether (sulfide) groups is 1. The van der Waals surface area contributed by atoms with Crippen LogP contribution < -0.4 is 5.32 Å². The number of hydrogen-bond acceptors (Lipinski definition) is 3. The summed E-state index contributed by atoms with van der Waals surface area (Å²) < 4.78 is 5.13. The SMILES string of the molecule is CC.CC(C)(C)OC(=O)NCC/C=C/Sc1ccc(Cl)cc1. The molecular formula is C17H26ClNO2S. The molecule has 0 fully saturated rings. The molecule has 0 saturated heterocycles. The Morgan fingerprint density at radius 2 is 1.86 bits per heavy atom. The molecule has 0 aromatic heterocycles. The molecule has 0 radical (unpaired) electrons. The molecule has 124 valence electrons. The van der Waals surface area contributed by atoms with Gasteiger partial charge >= 0.3 is 6.09 Å². The van der Waals surface area contributed by atoms with Crippen LogP contribution in [0.25, 0.3) is 0 Å². The number of hydrogen-bond donors (Lipinski definition) is 1. The van der Waals surface area contributed by atoms with Crippen molar-refractivity contribution in [1.82, 2.24) is 5.32 Å². The smallest absolute Gasteiger partial charge is 0.407 e. The van der Waals surface area contributed by atoms with E-state index in [1.54, 1.807) is 11.8 Å². The third-order valence-electron chi connectivity index (χ3n) is 2.09. The van der Waals surface area contributed by atoms with Crippen molar-refractivity contribution in [2.75, 3.05) is 6.54 Å². The minimum atomic E-state index is -0.454. The van der Waals surface area contributed by atoms with E-state index in [0.29, 0.717) is 6.54 Å². The fourth-order valence-corrected chi connectivity index (χ4v) is 2.09. The van der Waals surface area contributed by atoms with Gasteiger partial charge in [0, 0.05) is 16.5 Å². The molecule has 0 heterocycles. The minimum Gasteiger partial charge on any atom is -0.444 e. The molecule has 0 aliphatic heterocycles. The molecule has 0 aliphatic carbocycles. The predicted octanol–water partition coefficient (Wildman–Crippen LogP) is 5.89. The third-order valence-corrected chi connectivity index (χ3v) is 3.22. The zero-order valence-corrected chi connectivity index (χ0v) is 15.6. The number of rotatable bonds is 5. The summed E-state index contributed by atoms with van der Waals surface area (Å²) in [4.78, 5) is 12.5. The van der Waals surface area contributed by atoms with Gasteiger partial charge in [-0.1, -0.05) is 43.3 Å². The van der Waals surface area contributed by atoms with Gasteiger partial charge in [-0.25, -0.2) is 4.79 Å². The van der Waals surface area contributed by atoms with Crippen LogP contribution in [0.15, 0.2) is 40.6 Å². The molecule has 3 nitrogen and oxygen atoms in total. The Hall–Kier alpha value is -1.13. The first kappa shape index (κ1) is 20.9. The minimum absolute atomic E-state index is 0.378. The lowest BCUT2D eigenvalue weighted by molar-refractivity contribution is 0.0529. The lowest BCUT2D eigenvalue weighted by atomic mass is 10.2. The van der Waals surface area contributed by atoms with Crippen molar-refractivity contribution in [2.24, 2.45) is 0 Å². The molecule has 5 heteroatoms. The van der Waals surface area contributed by atoms with Crippen molar-refractivity contribution >= 4 is 29.5 Å². The molecule has 1 N–H and O–H groups in total. The Kier molecular flexibility index (Phi) is 10.9. The zero-order valence-electron chi connectivity index (χ0n) is 14.0. The maximum atomic E-state index is 11.4. The Labute approximate surface area is 143 Å². The monoisotopic (exact) mass is 343 g/mol. The highest BCUT2D eigenvalue weighted by Crippen LogP contribution is 2.21. The molecule has 1 aromatic rings. The van der Waals surface area contributed by atoms with Gasteiger partial charge in [-0.2, -0.15) is 0 Å². The van der Waals surface area contributed by atoms with Crippen LogP contribution in [0, 0.1) is 0 Å². The summed E-state index contributed by atoms with van der Waals surface area (Å²) in [5.41, 5.74) is -0.454. The fraction of sp³-hybridized carbons (Fsp3) is 0.471. The molecule has 0 spiro atoms. The van der Waals surface area contributed by atoms with Crippen molar-refractivity contribution in [2.45, 2.75) is 51.5 Å². The quantitative estimate of drug-likeness (QED) is 0.535. The summed E-state index contributed by atoms with van der Waals surface area (Å²) in [5.74, 6) is 0. The molecule has 1 amide bonds. The lowest BCUT2D eigenvalue weighted by Crippen LogP contribution is -2.32. The molecule has 0 aliphatic rings. The molecule has 1 aromatic carbocycles. The number of carbonyl (C=O) groups excluding carboxylic acids is 1. The van der Waals surface area contributed by atoms with Crippen LogP contribution in [0.2, 0.25) is 5.02 Å². The maximum Gasteiger partial charge on any atom is 0.407 e. The van der Waals surface area contributed by atoms with E-state index in [1.165, 1.54) is 0 Å². The Balaban J connectivity index is 0.00000211. The standard InChI is InChI=1S/C15H20ClNO2S.C2H6/c1-15(2,3)19-14(18)17-10-4-5-11-20-13-8-6-12(16)7-9-13;1-2/h5-9,11H,4,10H2,1-3H3,(H,17,18);1-2H3/b11-5+;. The zero-order chi connectivity index (χ0) is 17.0. The second kappa shape index (κ2) is 11.4. The van der Waals surface area contributed by atoms with E-state index in [-0.39, 0.29) is 6.09 Å². The van der Waals surface area contributed by atoms with Gasteiger partial charge in [-0.15, -0.1) is 0 Å². The summed E-state index contributed by atoms with van der Waals surface area (Å²) in [5, 5.41) is 5.44. The van der Waals surface area contributed by atoms with Crippen LogP contribution in [-0.2, 0) is 4.74 Å². The third kappa shape index (κ3) is 11.5. The first-order valence-electron chi connectivity index (χ1n) is 7.41. The normalized spacial score (nSPS) is 10.8. The Bertz CT molecular complexity index is 453. The summed E-state index contributed by atoms with van der Waals surface area (Å²) in [6.45, 7) is 10.1. The van der Waals surface area contributed by atoms with Crippen LogP contribution in [-0.4, -0.2) is 18.2 Å².